The fraction of sp³-hybridized carbons (Fsp3) is 0.0476. The third-order valence-electron chi connectivity index (χ3n) is 3.87. The van der Waals surface area contributed by atoms with E-state index < -0.39 is 11.9 Å². The van der Waals surface area contributed by atoms with E-state index in [2.05, 4.69) is 5.32 Å². The van der Waals surface area contributed by atoms with Crippen LogP contribution in [0.25, 0.3) is 17.2 Å². The lowest BCUT2D eigenvalue weighted by atomic mass is 10.0. The maximum Gasteiger partial charge on any atom is 0.341 e. The molecule has 0 aliphatic carbocycles. The quantitative estimate of drug-likeness (QED) is 0.433. The van der Waals surface area contributed by atoms with Crippen molar-refractivity contribution in [2.45, 2.75) is 0 Å². The fourth-order valence-electron chi connectivity index (χ4n) is 2.50. The van der Waals surface area contributed by atoms with Gasteiger partial charge < -0.3 is 10.1 Å². The first kappa shape index (κ1) is 19.8. The number of hydrogen-bond acceptors (Lipinski definition) is 4. The molecule has 0 aliphatic heterocycles. The number of amides is 1. The zero-order valence-corrected chi connectivity index (χ0v) is 16.3. The van der Waals surface area contributed by atoms with Gasteiger partial charge in [0.1, 0.15) is 16.4 Å². The Morgan fingerprint density at radius 3 is 2.43 bits per heavy atom. The van der Waals surface area contributed by atoms with Gasteiger partial charge in [0.15, 0.2) is 0 Å². The monoisotopic (exact) mass is 415 g/mol. The molecule has 1 aromatic heterocycles. The van der Waals surface area contributed by atoms with E-state index in [1.807, 2.05) is 0 Å². The minimum Gasteiger partial charge on any atom is -0.465 e. The highest BCUT2D eigenvalue weighted by atomic mass is 35.5. The van der Waals surface area contributed by atoms with Gasteiger partial charge in [0.25, 0.3) is 0 Å². The first-order valence-electron chi connectivity index (χ1n) is 8.18. The molecular weight excluding hydrogens is 401 g/mol. The highest BCUT2D eigenvalue weighted by Gasteiger charge is 2.21. The predicted molar refractivity (Wildman–Crippen MR) is 110 cm³/mol. The highest BCUT2D eigenvalue weighted by Crippen LogP contribution is 2.36. The van der Waals surface area contributed by atoms with Crippen molar-refractivity contribution < 1.29 is 18.7 Å². The number of halogens is 2. The summed E-state index contributed by atoms with van der Waals surface area (Å²) in [6, 6.07) is 12.8. The number of methoxy groups -OCH3 is 1. The fourth-order valence-corrected chi connectivity index (χ4v) is 3.58. The average molecular weight is 416 g/mol. The van der Waals surface area contributed by atoms with Crippen molar-refractivity contribution in [1.29, 1.82) is 0 Å². The van der Waals surface area contributed by atoms with Crippen molar-refractivity contribution in [1.82, 2.24) is 0 Å². The number of carbonyl (C=O) groups is 2. The summed E-state index contributed by atoms with van der Waals surface area (Å²) in [6.45, 7) is 0. The van der Waals surface area contributed by atoms with Gasteiger partial charge in [0.05, 0.1) is 7.11 Å². The lowest BCUT2D eigenvalue weighted by Crippen LogP contribution is -2.11. The third kappa shape index (κ3) is 4.65. The largest absolute Gasteiger partial charge is 0.465 e. The van der Waals surface area contributed by atoms with Gasteiger partial charge in [-0.3, -0.25) is 4.79 Å². The zero-order valence-electron chi connectivity index (χ0n) is 14.7. The molecule has 0 saturated heterocycles. The van der Waals surface area contributed by atoms with E-state index in [1.165, 1.54) is 36.7 Å². The molecule has 1 amide bonds. The van der Waals surface area contributed by atoms with E-state index in [9.17, 15) is 14.0 Å². The van der Waals surface area contributed by atoms with Crippen LogP contribution in [0, 0.1) is 5.82 Å². The summed E-state index contributed by atoms with van der Waals surface area (Å²) in [6.07, 6.45) is 3.00. The molecular formula is C21H15ClFNO3S. The van der Waals surface area contributed by atoms with Gasteiger partial charge in [-0.15, -0.1) is 11.3 Å². The Kier molecular flexibility index (Phi) is 6.23. The highest BCUT2D eigenvalue weighted by molar-refractivity contribution is 7.15. The molecule has 2 aromatic carbocycles. The maximum absolute atomic E-state index is 13.2. The van der Waals surface area contributed by atoms with E-state index in [0.29, 0.717) is 21.2 Å². The zero-order chi connectivity index (χ0) is 20.1. The van der Waals surface area contributed by atoms with Crippen LogP contribution in [0.3, 0.4) is 0 Å². The standard InChI is InChI=1S/C21H15ClFNO3S/c1-27-21(26)19-17(14-5-9-16(23)10-6-14)12-28-20(19)24-18(25)11-4-13-2-7-15(22)8-3-13/h2-12H,1H3,(H,24,25)/b11-4+. The van der Waals surface area contributed by atoms with Crippen molar-refractivity contribution in [2.75, 3.05) is 12.4 Å². The van der Waals surface area contributed by atoms with E-state index in [0.717, 1.165) is 5.56 Å². The molecule has 0 saturated carbocycles. The summed E-state index contributed by atoms with van der Waals surface area (Å²) in [5.74, 6) is -1.36. The molecule has 3 rings (SSSR count). The Labute approximate surface area is 170 Å². The number of esters is 1. The van der Waals surface area contributed by atoms with Crippen molar-refractivity contribution in [3.8, 4) is 11.1 Å². The van der Waals surface area contributed by atoms with Gasteiger partial charge in [-0.1, -0.05) is 35.9 Å². The number of anilines is 1. The molecule has 0 bridgehead atoms. The minimum absolute atomic E-state index is 0.229. The molecule has 4 nitrogen and oxygen atoms in total. The first-order chi connectivity index (χ1) is 13.5. The summed E-state index contributed by atoms with van der Waals surface area (Å²) in [4.78, 5) is 24.6. The molecule has 1 heterocycles. The molecule has 0 radical (unpaired) electrons. The number of carbonyl (C=O) groups excluding carboxylic acids is 2. The van der Waals surface area contributed by atoms with E-state index in [4.69, 9.17) is 16.3 Å². The summed E-state index contributed by atoms with van der Waals surface area (Å²) in [5.41, 5.74) is 2.25. The number of thiophene rings is 1. The number of hydrogen-bond donors (Lipinski definition) is 1. The smallest absolute Gasteiger partial charge is 0.341 e. The van der Waals surface area contributed by atoms with Crippen LogP contribution in [0.15, 0.2) is 60.0 Å². The molecule has 0 atom stereocenters. The molecule has 28 heavy (non-hydrogen) atoms. The van der Waals surface area contributed by atoms with Crippen molar-refractivity contribution in [2.24, 2.45) is 0 Å². The van der Waals surface area contributed by atoms with Crippen molar-refractivity contribution in [3.05, 3.63) is 82.0 Å². The molecule has 142 valence electrons. The second-order valence-corrected chi connectivity index (χ2v) is 7.04. The second-order valence-electron chi connectivity index (χ2n) is 5.73. The van der Waals surface area contributed by atoms with Gasteiger partial charge >= 0.3 is 5.97 Å². The molecule has 0 unspecified atom stereocenters. The topological polar surface area (TPSA) is 55.4 Å². The Morgan fingerprint density at radius 1 is 1.11 bits per heavy atom. The summed E-state index contributed by atoms with van der Waals surface area (Å²) in [5, 5.41) is 5.39. The van der Waals surface area contributed by atoms with E-state index in [1.54, 1.807) is 47.9 Å². The number of nitrogens with one attached hydrogen (secondary N) is 1. The second kappa shape index (κ2) is 8.82. The molecule has 0 fully saturated rings. The van der Waals surface area contributed by atoms with Crippen LogP contribution in [-0.4, -0.2) is 19.0 Å². The SMILES string of the molecule is COC(=O)c1c(-c2ccc(F)cc2)csc1NC(=O)/C=C/c1ccc(Cl)cc1. The first-order valence-corrected chi connectivity index (χ1v) is 9.44. The molecule has 3 aromatic rings. The van der Waals surface area contributed by atoms with Crippen LogP contribution in [0.1, 0.15) is 15.9 Å². The molecule has 0 spiro atoms. The van der Waals surface area contributed by atoms with Gasteiger partial charge in [-0.2, -0.15) is 0 Å². The molecule has 7 heteroatoms. The number of ether oxygens (including phenoxy) is 1. The predicted octanol–water partition coefficient (Wildman–Crippen LogP) is 5.65. The lowest BCUT2D eigenvalue weighted by Gasteiger charge is -2.06. The van der Waals surface area contributed by atoms with Crippen LogP contribution < -0.4 is 5.32 Å². The van der Waals surface area contributed by atoms with Gasteiger partial charge in [-0.05, 0) is 41.5 Å². The Bertz CT molecular complexity index is 1030. The molecule has 0 aliphatic rings. The Morgan fingerprint density at radius 2 is 1.79 bits per heavy atom. The number of rotatable bonds is 5. The van der Waals surface area contributed by atoms with Crippen LogP contribution in [0.2, 0.25) is 5.02 Å². The number of benzene rings is 2. The Hall–Kier alpha value is -2.96. The van der Waals surface area contributed by atoms with Gasteiger partial charge in [-0.25, -0.2) is 9.18 Å². The van der Waals surface area contributed by atoms with E-state index >= 15 is 0 Å². The lowest BCUT2D eigenvalue weighted by molar-refractivity contribution is -0.111. The van der Waals surface area contributed by atoms with Crippen LogP contribution in [0.4, 0.5) is 9.39 Å². The van der Waals surface area contributed by atoms with Crippen LogP contribution >= 0.6 is 22.9 Å². The minimum atomic E-state index is -0.586. The van der Waals surface area contributed by atoms with Gasteiger partial charge in [0.2, 0.25) is 5.91 Å². The third-order valence-corrected chi connectivity index (χ3v) is 5.02. The summed E-state index contributed by atoms with van der Waals surface area (Å²) >= 11 is 7.03. The van der Waals surface area contributed by atoms with Crippen LogP contribution in [-0.2, 0) is 9.53 Å². The summed E-state index contributed by atoms with van der Waals surface area (Å²) < 4.78 is 18.0. The van der Waals surface area contributed by atoms with Crippen LogP contribution in [0.5, 0.6) is 0 Å². The van der Waals surface area contributed by atoms with E-state index in [-0.39, 0.29) is 11.4 Å². The Balaban J connectivity index is 1.85. The van der Waals surface area contributed by atoms with Gasteiger partial charge in [0, 0.05) is 22.0 Å². The van der Waals surface area contributed by atoms with Crippen molar-refractivity contribution >= 4 is 45.9 Å². The average Bonchev–Trinajstić information content (AvgIpc) is 3.11. The maximum atomic E-state index is 13.2. The normalized spacial score (nSPS) is 10.8. The summed E-state index contributed by atoms with van der Waals surface area (Å²) in [7, 11) is 1.26. The van der Waals surface area contributed by atoms with Crippen molar-refractivity contribution in [3.63, 3.8) is 0 Å². The molecule has 1 N–H and O–H groups in total.